The van der Waals surface area contributed by atoms with Crippen LogP contribution >= 0.6 is 58.2 Å². The smallest absolute Gasteiger partial charge is 0.321 e. The summed E-state index contributed by atoms with van der Waals surface area (Å²) in [5.41, 5.74) is 13.1. The molecule has 2 aromatic heterocycles. The molecule has 4 N–H and O–H groups in total. The average molecular weight is 617 g/mol. The molecule has 0 aliphatic heterocycles. The molecule has 0 fully saturated rings. The minimum atomic E-state index is 0.0341. The molecule has 0 saturated carbocycles. The van der Waals surface area contributed by atoms with Crippen molar-refractivity contribution in [1.29, 1.82) is 0 Å². The number of aromatic nitrogens is 5. The molecular weight excluding hydrogens is 596 g/mol. The lowest BCUT2D eigenvalue weighted by molar-refractivity contribution is 0.379. The zero-order valence-electron chi connectivity index (χ0n) is 20.4. The monoisotopic (exact) mass is 615 g/mol. The SMILES string of the molecule is COc1cc(-c2cc(SC)nc(N)n2)c(Cl)cc1Cl.COc1nc(N)nc(-c2cc(OC)c(Cl)cc2Cl)n1. The van der Waals surface area contributed by atoms with E-state index in [2.05, 4.69) is 24.9 Å². The summed E-state index contributed by atoms with van der Waals surface area (Å²) in [7, 11) is 4.48. The lowest BCUT2D eigenvalue weighted by atomic mass is 10.1. The van der Waals surface area contributed by atoms with Crippen molar-refractivity contribution in [2.24, 2.45) is 0 Å². The Morgan fingerprint density at radius 2 is 1.18 bits per heavy atom. The molecule has 0 radical (unpaired) electrons. The quantitative estimate of drug-likeness (QED) is 0.188. The largest absolute Gasteiger partial charge is 0.495 e. The normalized spacial score (nSPS) is 10.4. The maximum absolute atomic E-state index is 6.19. The van der Waals surface area contributed by atoms with Gasteiger partial charge in [0.05, 0.1) is 47.1 Å². The van der Waals surface area contributed by atoms with Gasteiger partial charge < -0.3 is 25.7 Å². The number of ether oxygens (including phenoxy) is 3. The number of nitrogens with zero attached hydrogens (tertiary/aromatic N) is 5. The Morgan fingerprint density at radius 1 is 0.632 bits per heavy atom. The first-order chi connectivity index (χ1) is 18.1. The molecule has 38 heavy (non-hydrogen) atoms. The van der Waals surface area contributed by atoms with Crippen LogP contribution in [0.4, 0.5) is 11.9 Å². The molecule has 0 atom stereocenters. The molecule has 0 amide bonds. The Balaban J connectivity index is 0.000000211. The second-order valence-corrected chi connectivity index (χ2v) is 9.55. The zero-order chi connectivity index (χ0) is 28.0. The van der Waals surface area contributed by atoms with Crippen LogP contribution in [-0.4, -0.2) is 52.5 Å². The Bertz CT molecular complexity index is 1350. The van der Waals surface area contributed by atoms with Gasteiger partial charge in [0.25, 0.3) is 0 Å². The molecule has 0 unspecified atom stereocenters. The standard InChI is InChI=1S/C12H11Cl2N3OS.C11H10Cl2N4O2/c1-18-10-3-6(7(13)4-8(10)14)9-5-11(19-2)17-12(15)16-9;1-18-8-3-5(6(12)4-7(8)13)9-15-10(14)17-11(16-9)19-2/h3-5H,1-2H3,(H2,15,16,17);3-4H,1-2H3,(H2,14,15,16,17). The van der Waals surface area contributed by atoms with Crippen molar-refractivity contribution in [3.63, 3.8) is 0 Å². The summed E-state index contributed by atoms with van der Waals surface area (Å²) in [6.07, 6.45) is 1.91. The minimum Gasteiger partial charge on any atom is -0.495 e. The third kappa shape index (κ3) is 7.12. The average Bonchev–Trinajstić information content (AvgIpc) is 2.88. The number of rotatable bonds is 6. The summed E-state index contributed by atoms with van der Waals surface area (Å²) in [5.74, 6) is 1.51. The van der Waals surface area contributed by atoms with E-state index in [1.165, 1.54) is 26.0 Å². The topological polar surface area (TPSA) is 144 Å². The first-order valence-electron chi connectivity index (χ1n) is 10.4. The van der Waals surface area contributed by atoms with Crippen molar-refractivity contribution in [2.45, 2.75) is 5.03 Å². The van der Waals surface area contributed by atoms with Crippen LogP contribution in [0.25, 0.3) is 22.6 Å². The van der Waals surface area contributed by atoms with E-state index in [4.69, 9.17) is 72.1 Å². The summed E-state index contributed by atoms with van der Waals surface area (Å²) in [6, 6.07) is 8.44. The van der Waals surface area contributed by atoms with E-state index in [-0.39, 0.29) is 23.7 Å². The molecule has 15 heteroatoms. The number of hydrogen-bond donors (Lipinski definition) is 2. The first kappa shape index (κ1) is 29.6. The predicted octanol–water partition coefficient (Wildman–Crippen LogP) is 6.21. The summed E-state index contributed by atoms with van der Waals surface area (Å²) < 4.78 is 15.2. The predicted molar refractivity (Wildman–Crippen MR) is 153 cm³/mol. The van der Waals surface area contributed by atoms with Crippen LogP contribution in [-0.2, 0) is 0 Å². The first-order valence-corrected chi connectivity index (χ1v) is 13.1. The van der Waals surface area contributed by atoms with E-state index < -0.39 is 0 Å². The van der Waals surface area contributed by atoms with E-state index in [1.807, 2.05) is 12.3 Å². The lowest BCUT2D eigenvalue weighted by Crippen LogP contribution is -2.03. The Labute approximate surface area is 243 Å². The number of thioether (sulfide) groups is 1. The highest BCUT2D eigenvalue weighted by Gasteiger charge is 2.15. The minimum absolute atomic E-state index is 0.0341. The van der Waals surface area contributed by atoms with Crippen molar-refractivity contribution < 1.29 is 14.2 Å². The third-order valence-electron chi connectivity index (χ3n) is 4.74. The molecule has 0 spiro atoms. The van der Waals surface area contributed by atoms with E-state index in [1.54, 1.807) is 31.4 Å². The molecular formula is C23H21Cl4N7O3S. The van der Waals surface area contributed by atoms with Crippen LogP contribution in [0.2, 0.25) is 20.1 Å². The highest BCUT2D eigenvalue weighted by atomic mass is 35.5. The number of nitrogen functional groups attached to an aromatic ring is 2. The van der Waals surface area contributed by atoms with Gasteiger partial charge in [-0.15, -0.1) is 11.8 Å². The van der Waals surface area contributed by atoms with Crippen molar-refractivity contribution in [3.05, 3.63) is 50.4 Å². The Kier molecular flexibility index (Phi) is 10.3. The summed E-state index contributed by atoms with van der Waals surface area (Å²) in [4.78, 5) is 20.2. The molecule has 0 bridgehead atoms. The second-order valence-electron chi connectivity index (χ2n) is 7.09. The van der Waals surface area contributed by atoms with Gasteiger partial charge in [0.2, 0.25) is 11.9 Å². The zero-order valence-corrected chi connectivity index (χ0v) is 24.3. The van der Waals surface area contributed by atoms with Crippen molar-refractivity contribution in [3.8, 4) is 40.2 Å². The molecule has 0 aliphatic rings. The molecule has 2 aromatic carbocycles. The van der Waals surface area contributed by atoms with E-state index in [9.17, 15) is 0 Å². The van der Waals surface area contributed by atoms with Crippen LogP contribution < -0.4 is 25.7 Å². The van der Waals surface area contributed by atoms with Gasteiger partial charge in [-0.3, -0.25) is 0 Å². The van der Waals surface area contributed by atoms with Crippen LogP contribution in [0.1, 0.15) is 0 Å². The number of hydrogen-bond acceptors (Lipinski definition) is 11. The van der Waals surface area contributed by atoms with Crippen molar-refractivity contribution >= 4 is 70.1 Å². The van der Waals surface area contributed by atoms with Crippen LogP contribution in [0.3, 0.4) is 0 Å². The number of anilines is 2. The van der Waals surface area contributed by atoms with Crippen molar-refractivity contribution in [1.82, 2.24) is 24.9 Å². The lowest BCUT2D eigenvalue weighted by Gasteiger charge is -2.10. The van der Waals surface area contributed by atoms with Gasteiger partial charge in [-0.1, -0.05) is 46.4 Å². The molecule has 4 aromatic rings. The number of methoxy groups -OCH3 is 3. The highest BCUT2D eigenvalue weighted by molar-refractivity contribution is 7.98. The number of nitrogens with two attached hydrogens (primary N) is 2. The van der Waals surface area contributed by atoms with E-state index in [0.29, 0.717) is 48.4 Å². The third-order valence-corrected chi connectivity index (χ3v) is 6.59. The maximum Gasteiger partial charge on any atom is 0.321 e. The maximum atomic E-state index is 6.19. The van der Waals surface area contributed by atoms with Gasteiger partial charge in [0.15, 0.2) is 5.82 Å². The highest BCUT2D eigenvalue weighted by Crippen LogP contribution is 2.37. The van der Waals surface area contributed by atoms with Crippen LogP contribution in [0.5, 0.6) is 17.5 Å². The fourth-order valence-corrected chi connectivity index (χ4v) is 4.52. The number of benzene rings is 2. The van der Waals surface area contributed by atoms with Gasteiger partial charge in [0, 0.05) is 11.1 Å². The molecule has 0 saturated heterocycles. The summed E-state index contributed by atoms with van der Waals surface area (Å²) >= 11 is 25.8. The molecule has 2 heterocycles. The Morgan fingerprint density at radius 3 is 1.74 bits per heavy atom. The molecule has 0 aliphatic carbocycles. The van der Waals surface area contributed by atoms with Crippen LogP contribution in [0.15, 0.2) is 35.4 Å². The van der Waals surface area contributed by atoms with Crippen molar-refractivity contribution in [2.75, 3.05) is 39.1 Å². The van der Waals surface area contributed by atoms with Gasteiger partial charge in [-0.05, 0) is 36.6 Å². The van der Waals surface area contributed by atoms with Gasteiger partial charge in [-0.25, -0.2) is 9.97 Å². The van der Waals surface area contributed by atoms with Gasteiger partial charge >= 0.3 is 6.01 Å². The molecule has 4 rings (SSSR count). The van der Waals surface area contributed by atoms with Gasteiger partial charge in [0.1, 0.15) is 16.5 Å². The summed E-state index contributed by atoms with van der Waals surface area (Å²) in [6.45, 7) is 0. The fraction of sp³-hybridized carbons (Fsp3) is 0.174. The van der Waals surface area contributed by atoms with Crippen LogP contribution in [0, 0.1) is 0 Å². The van der Waals surface area contributed by atoms with E-state index in [0.717, 1.165) is 5.03 Å². The number of halogens is 4. The summed E-state index contributed by atoms with van der Waals surface area (Å²) in [5, 5.41) is 2.47. The van der Waals surface area contributed by atoms with E-state index >= 15 is 0 Å². The fourth-order valence-electron chi connectivity index (χ4n) is 3.01. The van der Waals surface area contributed by atoms with Gasteiger partial charge in [-0.2, -0.15) is 15.0 Å². The molecule has 200 valence electrons. The Hall–Kier alpha value is -2.96. The second kappa shape index (κ2) is 13.2. The molecule has 10 nitrogen and oxygen atoms in total.